The highest BCUT2D eigenvalue weighted by atomic mass is 35.5. The van der Waals surface area contributed by atoms with E-state index in [4.69, 9.17) is 21.4 Å². The summed E-state index contributed by atoms with van der Waals surface area (Å²) in [6.45, 7) is 1.25. The molecule has 0 saturated heterocycles. The van der Waals surface area contributed by atoms with Gasteiger partial charge in [0.1, 0.15) is 0 Å². The molecule has 0 spiro atoms. The van der Waals surface area contributed by atoms with Crippen molar-refractivity contribution in [3.05, 3.63) is 56.7 Å². The third-order valence-corrected chi connectivity index (χ3v) is 3.71. The lowest BCUT2D eigenvalue weighted by atomic mass is 10.2. The fraction of sp³-hybridized carbons (Fsp3) is 0.250. The second-order valence-corrected chi connectivity index (χ2v) is 5.63. The number of ether oxygens (including phenoxy) is 1. The zero-order chi connectivity index (χ0) is 14.2. The minimum Gasteiger partial charge on any atom is -0.395 e. The molecule has 0 aliphatic carbocycles. The first-order chi connectivity index (χ1) is 9.78. The standard InChI is InChI=1S/C16H15ClO2S/c17-15-6-4-13(5-7-15)10-19-11-16-9-14(12-20-16)3-1-2-8-18/h4-7,9,12,18H,2,8,10-11H2. The normalized spacial score (nSPS) is 10.1. The van der Waals surface area contributed by atoms with Gasteiger partial charge in [-0.15, -0.1) is 11.3 Å². The van der Waals surface area contributed by atoms with Crippen LogP contribution in [0.5, 0.6) is 0 Å². The van der Waals surface area contributed by atoms with Gasteiger partial charge in [0.25, 0.3) is 0 Å². The van der Waals surface area contributed by atoms with Crippen LogP contribution in [0.2, 0.25) is 5.02 Å². The summed E-state index contributed by atoms with van der Waals surface area (Å²) in [6, 6.07) is 9.67. The Morgan fingerprint density at radius 3 is 2.75 bits per heavy atom. The van der Waals surface area contributed by atoms with Crippen LogP contribution in [0.15, 0.2) is 35.7 Å². The third-order valence-electron chi connectivity index (χ3n) is 2.55. The van der Waals surface area contributed by atoms with Crippen LogP contribution >= 0.6 is 22.9 Å². The van der Waals surface area contributed by atoms with Crippen LogP contribution in [0.25, 0.3) is 0 Å². The largest absolute Gasteiger partial charge is 0.395 e. The van der Waals surface area contributed by atoms with Crippen molar-refractivity contribution in [1.29, 1.82) is 0 Å². The number of thiophene rings is 1. The topological polar surface area (TPSA) is 29.5 Å². The molecule has 0 amide bonds. The summed E-state index contributed by atoms with van der Waals surface area (Å²) in [6.07, 6.45) is 0.512. The van der Waals surface area contributed by atoms with Gasteiger partial charge >= 0.3 is 0 Å². The molecule has 1 aromatic carbocycles. The van der Waals surface area contributed by atoms with Crippen molar-refractivity contribution >= 4 is 22.9 Å². The quantitative estimate of drug-likeness (QED) is 0.850. The molecule has 0 saturated carbocycles. The zero-order valence-corrected chi connectivity index (χ0v) is 12.5. The van der Waals surface area contributed by atoms with Crippen LogP contribution in [-0.2, 0) is 18.0 Å². The fourth-order valence-electron chi connectivity index (χ4n) is 1.59. The molecule has 20 heavy (non-hydrogen) atoms. The maximum Gasteiger partial charge on any atom is 0.0814 e. The van der Waals surface area contributed by atoms with Gasteiger partial charge in [-0.25, -0.2) is 0 Å². The van der Waals surface area contributed by atoms with Gasteiger partial charge < -0.3 is 9.84 Å². The molecule has 1 heterocycles. The van der Waals surface area contributed by atoms with E-state index in [0.29, 0.717) is 19.6 Å². The Kier molecular flexibility index (Phi) is 6.10. The third kappa shape index (κ3) is 4.99. The molecule has 4 heteroatoms. The Bertz CT molecular complexity index is 593. The van der Waals surface area contributed by atoms with E-state index in [9.17, 15) is 0 Å². The number of aliphatic hydroxyl groups excluding tert-OH is 1. The summed E-state index contributed by atoms with van der Waals surface area (Å²) >= 11 is 7.46. The average molecular weight is 307 g/mol. The van der Waals surface area contributed by atoms with E-state index in [1.54, 1.807) is 11.3 Å². The number of halogens is 1. The maximum atomic E-state index is 8.66. The highest BCUT2D eigenvalue weighted by Gasteiger charge is 1.99. The number of hydrogen-bond donors (Lipinski definition) is 1. The Morgan fingerprint density at radius 2 is 2.00 bits per heavy atom. The lowest BCUT2D eigenvalue weighted by molar-refractivity contribution is 0.109. The predicted molar refractivity (Wildman–Crippen MR) is 82.8 cm³/mol. The molecule has 0 radical (unpaired) electrons. The van der Waals surface area contributed by atoms with Crippen molar-refractivity contribution in [1.82, 2.24) is 0 Å². The zero-order valence-electron chi connectivity index (χ0n) is 10.9. The van der Waals surface area contributed by atoms with Crippen molar-refractivity contribution in [2.45, 2.75) is 19.6 Å². The van der Waals surface area contributed by atoms with Crippen LogP contribution in [0.4, 0.5) is 0 Å². The van der Waals surface area contributed by atoms with Gasteiger partial charge in [-0.3, -0.25) is 0 Å². The molecule has 1 aromatic heterocycles. The molecule has 0 aliphatic rings. The van der Waals surface area contributed by atoms with Gasteiger partial charge in [-0.2, -0.15) is 0 Å². The van der Waals surface area contributed by atoms with Crippen molar-refractivity contribution in [3.8, 4) is 11.8 Å². The summed E-state index contributed by atoms with van der Waals surface area (Å²) in [7, 11) is 0. The Hall–Kier alpha value is -1.31. The number of aliphatic hydroxyl groups is 1. The fourth-order valence-corrected chi connectivity index (χ4v) is 2.47. The molecular formula is C16H15ClO2S. The summed E-state index contributed by atoms with van der Waals surface area (Å²) in [5.74, 6) is 5.92. The van der Waals surface area contributed by atoms with Crippen molar-refractivity contribution in [2.24, 2.45) is 0 Å². The highest BCUT2D eigenvalue weighted by Crippen LogP contribution is 2.16. The minimum absolute atomic E-state index is 0.105. The van der Waals surface area contributed by atoms with Gasteiger partial charge in [-0.1, -0.05) is 35.6 Å². The van der Waals surface area contributed by atoms with Crippen LogP contribution in [0.3, 0.4) is 0 Å². The second kappa shape index (κ2) is 8.08. The molecule has 0 bridgehead atoms. The van der Waals surface area contributed by atoms with Crippen molar-refractivity contribution in [2.75, 3.05) is 6.61 Å². The minimum atomic E-state index is 0.105. The molecule has 0 unspecified atom stereocenters. The van der Waals surface area contributed by atoms with Crippen LogP contribution in [0, 0.1) is 11.8 Å². The van der Waals surface area contributed by atoms with Crippen molar-refractivity contribution in [3.63, 3.8) is 0 Å². The molecular weight excluding hydrogens is 292 g/mol. The summed E-state index contributed by atoms with van der Waals surface area (Å²) in [4.78, 5) is 1.15. The van der Waals surface area contributed by atoms with Gasteiger partial charge in [-0.05, 0) is 23.8 Å². The van der Waals surface area contributed by atoms with E-state index >= 15 is 0 Å². The first-order valence-electron chi connectivity index (χ1n) is 6.27. The lowest BCUT2D eigenvalue weighted by Crippen LogP contribution is -1.91. The Balaban J connectivity index is 1.80. The maximum absolute atomic E-state index is 8.66. The first kappa shape index (κ1) is 15.1. The predicted octanol–water partition coefficient (Wildman–Crippen LogP) is 3.85. The van der Waals surface area contributed by atoms with E-state index in [-0.39, 0.29) is 6.61 Å². The first-order valence-corrected chi connectivity index (χ1v) is 7.53. The summed E-state index contributed by atoms with van der Waals surface area (Å²) in [5, 5.41) is 11.4. The SMILES string of the molecule is OCCC#Cc1csc(COCc2ccc(Cl)cc2)c1. The van der Waals surface area contributed by atoms with Crippen LogP contribution in [-0.4, -0.2) is 11.7 Å². The smallest absolute Gasteiger partial charge is 0.0814 e. The van der Waals surface area contributed by atoms with Crippen LogP contribution < -0.4 is 0 Å². The number of rotatable bonds is 5. The second-order valence-electron chi connectivity index (χ2n) is 4.20. The number of benzene rings is 1. The molecule has 2 rings (SSSR count). The van der Waals surface area contributed by atoms with Crippen molar-refractivity contribution < 1.29 is 9.84 Å². The molecule has 1 N–H and O–H groups in total. The highest BCUT2D eigenvalue weighted by molar-refractivity contribution is 7.10. The summed E-state index contributed by atoms with van der Waals surface area (Å²) < 4.78 is 5.66. The van der Waals surface area contributed by atoms with Gasteiger partial charge in [0, 0.05) is 27.3 Å². The van der Waals surface area contributed by atoms with Gasteiger partial charge in [0.05, 0.1) is 19.8 Å². The number of hydrogen-bond acceptors (Lipinski definition) is 3. The van der Waals surface area contributed by atoms with E-state index < -0.39 is 0 Å². The van der Waals surface area contributed by atoms with E-state index in [1.807, 2.05) is 35.7 Å². The molecule has 2 aromatic rings. The van der Waals surface area contributed by atoms with Gasteiger partial charge in [0.15, 0.2) is 0 Å². The molecule has 104 valence electrons. The molecule has 0 fully saturated rings. The van der Waals surface area contributed by atoms with E-state index in [0.717, 1.165) is 21.0 Å². The summed E-state index contributed by atoms with van der Waals surface area (Å²) in [5.41, 5.74) is 2.09. The monoisotopic (exact) mass is 306 g/mol. The Morgan fingerprint density at radius 1 is 1.20 bits per heavy atom. The van der Waals surface area contributed by atoms with E-state index in [1.165, 1.54) is 0 Å². The van der Waals surface area contributed by atoms with E-state index in [2.05, 4.69) is 11.8 Å². The molecule has 0 aliphatic heterocycles. The average Bonchev–Trinajstić information content (AvgIpc) is 2.89. The Labute approximate surface area is 128 Å². The molecule has 0 atom stereocenters. The van der Waals surface area contributed by atoms with Gasteiger partial charge in [0.2, 0.25) is 0 Å². The van der Waals surface area contributed by atoms with Crippen LogP contribution in [0.1, 0.15) is 22.4 Å². The lowest BCUT2D eigenvalue weighted by Gasteiger charge is -2.02. The molecule has 2 nitrogen and oxygen atoms in total.